The van der Waals surface area contributed by atoms with Crippen molar-refractivity contribution in [2.45, 2.75) is 44.2 Å². The number of nitrogens with one attached hydrogen (secondary N) is 2. The number of hydrogen-bond donors (Lipinski definition) is 2. The lowest BCUT2D eigenvalue weighted by Gasteiger charge is -2.34. The predicted octanol–water partition coefficient (Wildman–Crippen LogP) is 0.818. The maximum absolute atomic E-state index is 12.2. The minimum Gasteiger partial charge on any atom is -0.370 e. The molecule has 2 heterocycles. The monoisotopic (exact) mass is 362 g/mol. The van der Waals surface area contributed by atoms with Crippen molar-refractivity contribution in [3.63, 3.8) is 0 Å². The minimum absolute atomic E-state index is 0.0351. The fourth-order valence-electron chi connectivity index (χ4n) is 3.67. The highest BCUT2D eigenvalue weighted by atomic mass is 16.5. The van der Waals surface area contributed by atoms with Crippen LogP contribution < -0.4 is 10.6 Å². The lowest BCUT2D eigenvalue weighted by atomic mass is 9.95. The second kappa shape index (κ2) is 9.02. The largest absolute Gasteiger partial charge is 0.370 e. The molecule has 1 amide bonds. The average molecular weight is 362 g/mol. The van der Waals surface area contributed by atoms with E-state index in [1.165, 1.54) is 19.3 Å². The number of aryl methyl sites for hydroxylation is 1. The first-order valence-electron chi connectivity index (χ1n) is 9.51. The maximum Gasteiger partial charge on any atom is 0.239 e. The fraction of sp³-hybridized carbons (Fsp3) is 0.722. The van der Waals surface area contributed by atoms with Gasteiger partial charge in [-0.1, -0.05) is 19.3 Å². The average Bonchev–Trinajstić information content (AvgIpc) is 3.10. The Kier molecular flexibility index (Phi) is 6.49. The molecule has 0 bridgehead atoms. The molecule has 1 aromatic heterocycles. The number of morpholine rings is 1. The fourth-order valence-corrected chi connectivity index (χ4v) is 3.67. The number of carbonyl (C=O) groups excluding carboxylic acids is 1. The number of nitrogens with zero attached hydrogens (tertiary/aromatic N) is 4. The molecule has 1 aromatic rings. The van der Waals surface area contributed by atoms with Crippen molar-refractivity contribution >= 4 is 11.9 Å². The van der Waals surface area contributed by atoms with Gasteiger partial charge in [0.05, 0.1) is 25.9 Å². The van der Waals surface area contributed by atoms with Crippen LogP contribution in [0.3, 0.4) is 0 Å². The smallest absolute Gasteiger partial charge is 0.239 e. The summed E-state index contributed by atoms with van der Waals surface area (Å²) in [5.74, 6) is 0.774. The Bertz CT molecular complexity index is 623. The molecular formula is C18H30N6O2. The van der Waals surface area contributed by atoms with E-state index in [2.05, 4.69) is 25.6 Å². The minimum atomic E-state index is -0.0351. The van der Waals surface area contributed by atoms with Crippen molar-refractivity contribution in [3.05, 3.63) is 18.0 Å². The van der Waals surface area contributed by atoms with Crippen molar-refractivity contribution in [1.29, 1.82) is 0 Å². The third-order valence-corrected chi connectivity index (χ3v) is 5.05. The molecule has 0 radical (unpaired) electrons. The van der Waals surface area contributed by atoms with E-state index in [-0.39, 0.29) is 18.6 Å². The van der Waals surface area contributed by atoms with E-state index in [4.69, 9.17) is 4.74 Å². The van der Waals surface area contributed by atoms with Gasteiger partial charge in [-0.15, -0.1) is 0 Å². The van der Waals surface area contributed by atoms with Crippen LogP contribution in [0.4, 0.5) is 0 Å². The summed E-state index contributed by atoms with van der Waals surface area (Å²) in [5, 5.41) is 10.5. The summed E-state index contributed by atoms with van der Waals surface area (Å²) in [6.45, 7) is 2.31. The number of rotatable bonds is 4. The van der Waals surface area contributed by atoms with Gasteiger partial charge in [0.1, 0.15) is 6.10 Å². The lowest BCUT2D eigenvalue weighted by molar-refractivity contribution is -0.120. The molecule has 1 saturated heterocycles. The van der Waals surface area contributed by atoms with Gasteiger partial charge in [0, 0.05) is 38.4 Å². The van der Waals surface area contributed by atoms with Crippen molar-refractivity contribution in [1.82, 2.24) is 25.3 Å². The third-order valence-electron chi connectivity index (χ3n) is 5.05. The molecular weight excluding hydrogens is 332 g/mol. The number of aliphatic imine (C=N–C) groups is 1. The molecule has 1 atom stereocenters. The van der Waals surface area contributed by atoms with Gasteiger partial charge in [0.15, 0.2) is 5.96 Å². The molecule has 1 aliphatic carbocycles. The number of ether oxygens (including phenoxy) is 1. The summed E-state index contributed by atoms with van der Waals surface area (Å²) >= 11 is 0. The molecule has 3 rings (SSSR count). The van der Waals surface area contributed by atoms with Crippen molar-refractivity contribution in [2.75, 3.05) is 33.3 Å². The van der Waals surface area contributed by atoms with Crippen LogP contribution in [-0.2, 0) is 16.6 Å². The quantitative estimate of drug-likeness (QED) is 0.612. The summed E-state index contributed by atoms with van der Waals surface area (Å²) < 4.78 is 7.65. The van der Waals surface area contributed by atoms with Crippen LogP contribution in [0, 0.1) is 0 Å². The third kappa shape index (κ3) is 4.97. The zero-order valence-corrected chi connectivity index (χ0v) is 15.8. The molecule has 1 aliphatic heterocycles. The Morgan fingerprint density at radius 2 is 2.19 bits per heavy atom. The predicted molar refractivity (Wildman–Crippen MR) is 99.9 cm³/mol. The number of amides is 1. The van der Waals surface area contributed by atoms with Crippen molar-refractivity contribution in [2.24, 2.45) is 12.0 Å². The molecule has 2 fully saturated rings. The van der Waals surface area contributed by atoms with E-state index in [0.29, 0.717) is 19.2 Å². The first kappa shape index (κ1) is 18.7. The highest BCUT2D eigenvalue weighted by molar-refractivity contribution is 5.86. The summed E-state index contributed by atoms with van der Waals surface area (Å²) in [7, 11) is 3.64. The van der Waals surface area contributed by atoms with E-state index in [0.717, 1.165) is 30.9 Å². The highest BCUT2D eigenvalue weighted by Crippen LogP contribution is 2.21. The standard InChI is InChI=1S/C18H30N6O2/c1-19-18(20-11-17(25)22-15-6-4-3-5-7-15)24-8-9-26-16(13-24)14-10-21-23(2)12-14/h10,12,15-16H,3-9,11,13H2,1-2H3,(H,19,20)(H,22,25). The first-order valence-corrected chi connectivity index (χ1v) is 9.51. The molecule has 8 nitrogen and oxygen atoms in total. The topological polar surface area (TPSA) is 83.8 Å². The Morgan fingerprint density at radius 3 is 2.88 bits per heavy atom. The van der Waals surface area contributed by atoms with Crippen LogP contribution in [0.15, 0.2) is 17.4 Å². The molecule has 8 heteroatoms. The first-order chi connectivity index (χ1) is 12.7. The van der Waals surface area contributed by atoms with Crippen LogP contribution in [0.2, 0.25) is 0 Å². The molecule has 26 heavy (non-hydrogen) atoms. The van der Waals surface area contributed by atoms with E-state index in [1.807, 2.05) is 19.4 Å². The Balaban J connectivity index is 1.49. The van der Waals surface area contributed by atoms with Crippen LogP contribution in [0.1, 0.15) is 43.8 Å². The summed E-state index contributed by atoms with van der Waals surface area (Å²) in [5.41, 5.74) is 1.06. The number of guanidine groups is 1. The zero-order valence-electron chi connectivity index (χ0n) is 15.8. The number of carbonyl (C=O) groups is 1. The van der Waals surface area contributed by atoms with Crippen LogP contribution in [0.25, 0.3) is 0 Å². The lowest BCUT2D eigenvalue weighted by Crippen LogP contribution is -2.51. The molecule has 144 valence electrons. The Hall–Kier alpha value is -2.09. The summed E-state index contributed by atoms with van der Waals surface area (Å²) in [6, 6.07) is 0.332. The molecule has 1 unspecified atom stereocenters. The van der Waals surface area contributed by atoms with Gasteiger partial charge < -0.3 is 20.3 Å². The van der Waals surface area contributed by atoms with Gasteiger partial charge in [-0.3, -0.25) is 14.5 Å². The zero-order chi connectivity index (χ0) is 18.4. The van der Waals surface area contributed by atoms with Crippen LogP contribution >= 0.6 is 0 Å². The van der Waals surface area contributed by atoms with Gasteiger partial charge in [-0.25, -0.2) is 0 Å². The molecule has 2 N–H and O–H groups in total. The second-order valence-electron chi connectivity index (χ2n) is 7.06. The summed E-state index contributed by atoms with van der Waals surface area (Å²) in [4.78, 5) is 18.7. The van der Waals surface area contributed by atoms with E-state index < -0.39 is 0 Å². The molecule has 2 aliphatic rings. The van der Waals surface area contributed by atoms with E-state index in [9.17, 15) is 4.79 Å². The summed E-state index contributed by atoms with van der Waals surface area (Å²) in [6.07, 6.45) is 9.67. The number of hydrogen-bond acceptors (Lipinski definition) is 4. The SMILES string of the molecule is CN=C(NCC(=O)NC1CCCCC1)N1CCOC(c2cnn(C)c2)C1. The molecule has 0 aromatic carbocycles. The second-order valence-corrected chi connectivity index (χ2v) is 7.06. The molecule has 0 spiro atoms. The van der Waals surface area contributed by atoms with Crippen LogP contribution in [0.5, 0.6) is 0 Å². The maximum atomic E-state index is 12.2. The highest BCUT2D eigenvalue weighted by Gasteiger charge is 2.25. The van der Waals surface area contributed by atoms with Gasteiger partial charge in [0.25, 0.3) is 0 Å². The van der Waals surface area contributed by atoms with Gasteiger partial charge in [0.2, 0.25) is 5.91 Å². The van der Waals surface area contributed by atoms with Gasteiger partial charge in [-0.05, 0) is 12.8 Å². The van der Waals surface area contributed by atoms with Crippen LogP contribution in [-0.4, -0.2) is 65.9 Å². The van der Waals surface area contributed by atoms with Crippen molar-refractivity contribution in [3.8, 4) is 0 Å². The van der Waals surface area contributed by atoms with Gasteiger partial charge in [-0.2, -0.15) is 5.10 Å². The Morgan fingerprint density at radius 1 is 1.38 bits per heavy atom. The normalized spacial score (nSPS) is 22.3. The van der Waals surface area contributed by atoms with E-state index >= 15 is 0 Å². The molecule has 1 saturated carbocycles. The number of aromatic nitrogens is 2. The van der Waals surface area contributed by atoms with Gasteiger partial charge >= 0.3 is 0 Å². The van der Waals surface area contributed by atoms with E-state index in [1.54, 1.807) is 11.7 Å². The Labute approximate surface area is 155 Å². The van der Waals surface area contributed by atoms with Crippen molar-refractivity contribution < 1.29 is 9.53 Å².